The largest absolute Gasteiger partial charge is 0.481 e. The van der Waals surface area contributed by atoms with Gasteiger partial charge < -0.3 is 10.1 Å². The first-order valence-corrected chi connectivity index (χ1v) is 8.60. The van der Waals surface area contributed by atoms with Crippen LogP contribution in [0.1, 0.15) is 27.2 Å². The van der Waals surface area contributed by atoms with Crippen LogP contribution in [0.25, 0.3) is 0 Å². The highest BCUT2D eigenvalue weighted by Crippen LogP contribution is 2.18. The second-order valence-electron chi connectivity index (χ2n) is 5.84. The molecular formula is C17H21N3O2S. The maximum Gasteiger partial charge on any atom is 0.261 e. The molecule has 0 spiro atoms. The average Bonchev–Trinajstić information content (AvgIpc) is 3.17. The van der Waals surface area contributed by atoms with Crippen molar-refractivity contribution in [1.82, 2.24) is 15.2 Å². The van der Waals surface area contributed by atoms with Crippen LogP contribution in [-0.2, 0) is 6.54 Å². The predicted molar refractivity (Wildman–Crippen MR) is 91.0 cm³/mol. The highest BCUT2D eigenvalue weighted by atomic mass is 32.1. The third kappa shape index (κ3) is 3.89. The molecule has 1 aliphatic heterocycles. The molecule has 2 aromatic rings. The summed E-state index contributed by atoms with van der Waals surface area (Å²) in [5, 5.41) is 5.11. The van der Waals surface area contributed by atoms with Gasteiger partial charge in [0.1, 0.15) is 0 Å². The number of hydrogen-bond acceptors (Lipinski definition) is 5. The van der Waals surface area contributed by atoms with Gasteiger partial charge in [0.15, 0.2) is 0 Å². The van der Waals surface area contributed by atoms with Crippen molar-refractivity contribution in [3.63, 3.8) is 0 Å². The lowest BCUT2D eigenvalue weighted by Gasteiger charge is -2.16. The number of pyridine rings is 1. The highest BCUT2D eigenvalue weighted by Gasteiger charge is 2.25. The molecule has 1 saturated heterocycles. The second-order valence-corrected chi connectivity index (χ2v) is 6.75. The Bertz CT molecular complexity index is 669. The number of hydrogen-bond donors (Lipinski definition) is 1. The van der Waals surface area contributed by atoms with E-state index in [4.69, 9.17) is 4.74 Å². The van der Waals surface area contributed by atoms with Crippen molar-refractivity contribution in [2.24, 2.45) is 0 Å². The minimum absolute atomic E-state index is 0.0514. The Hall–Kier alpha value is -1.92. The van der Waals surface area contributed by atoms with Crippen LogP contribution in [0, 0.1) is 6.92 Å². The Balaban J connectivity index is 1.52. The summed E-state index contributed by atoms with van der Waals surface area (Å²) in [6, 6.07) is 6.11. The van der Waals surface area contributed by atoms with Crippen LogP contribution in [-0.4, -0.2) is 42.0 Å². The zero-order valence-corrected chi connectivity index (χ0v) is 14.2. The van der Waals surface area contributed by atoms with Crippen molar-refractivity contribution < 1.29 is 9.53 Å². The molecule has 3 heterocycles. The topological polar surface area (TPSA) is 54.5 Å². The maximum absolute atomic E-state index is 12.3. The summed E-state index contributed by atoms with van der Waals surface area (Å²) in [7, 11) is 1.62. The molecule has 0 aliphatic carbocycles. The Morgan fingerprint density at radius 1 is 1.48 bits per heavy atom. The maximum atomic E-state index is 12.3. The third-order valence-electron chi connectivity index (χ3n) is 4.09. The minimum Gasteiger partial charge on any atom is -0.481 e. The van der Waals surface area contributed by atoms with E-state index in [-0.39, 0.29) is 11.9 Å². The van der Waals surface area contributed by atoms with Crippen molar-refractivity contribution in [3.05, 3.63) is 45.8 Å². The summed E-state index contributed by atoms with van der Waals surface area (Å²) in [6.07, 6.45) is 2.83. The number of carbonyl (C=O) groups is 1. The Morgan fingerprint density at radius 3 is 3.00 bits per heavy atom. The van der Waals surface area contributed by atoms with Crippen LogP contribution in [0.3, 0.4) is 0 Å². The van der Waals surface area contributed by atoms with Gasteiger partial charge in [-0.25, -0.2) is 4.98 Å². The Morgan fingerprint density at radius 2 is 2.35 bits per heavy atom. The van der Waals surface area contributed by atoms with E-state index < -0.39 is 0 Å². The van der Waals surface area contributed by atoms with Gasteiger partial charge in [-0.3, -0.25) is 9.69 Å². The number of likely N-dealkylation sites (tertiary alicyclic amines) is 1. The van der Waals surface area contributed by atoms with Crippen LogP contribution in [0.2, 0.25) is 0 Å². The molecule has 1 aliphatic rings. The summed E-state index contributed by atoms with van der Waals surface area (Å²) in [5.41, 5.74) is 2.21. The summed E-state index contributed by atoms with van der Waals surface area (Å²) in [6.45, 7) is 4.69. The average molecular weight is 331 g/mol. The van der Waals surface area contributed by atoms with Crippen molar-refractivity contribution >= 4 is 17.2 Å². The molecule has 0 bridgehead atoms. The van der Waals surface area contributed by atoms with E-state index in [9.17, 15) is 4.79 Å². The highest BCUT2D eigenvalue weighted by molar-refractivity contribution is 7.12. The van der Waals surface area contributed by atoms with Crippen LogP contribution in [0.4, 0.5) is 0 Å². The van der Waals surface area contributed by atoms with Crippen molar-refractivity contribution in [2.75, 3.05) is 20.2 Å². The number of aryl methyl sites for hydroxylation is 1. The van der Waals surface area contributed by atoms with Gasteiger partial charge in [-0.15, -0.1) is 11.3 Å². The molecule has 0 saturated carbocycles. The standard InChI is InChI=1S/C17H21N3O2S/c1-12-6-8-23-16(12)17(21)19-14-5-7-20(11-14)10-13-3-4-15(22-2)18-9-13/h3-4,6,8-9,14H,5,7,10-11H2,1-2H3,(H,19,21)/t14-/m0/s1. The second kappa shape index (κ2) is 7.10. The number of carbonyl (C=O) groups excluding carboxylic acids is 1. The van der Waals surface area contributed by atoms with Crippen LogP contribution >= 0.6 is 11.3 Å². The molecule has 1 fully saturated rings. The molecule has 1 atom stereocenters. The molecule has 0 unspecified atom stereocenters. The summed E-state index contributed by atoms with van der Waals surface area (Å²) in [5.74, 6) is 0.682. The van der Waals surface area contributed by atoms with Gasteiger partial charge in [0.2, 0.25) is 5.88 Å². The number of amides is 1. The van der Waals surface area contributed by atoms with Crippen LogP contribution in [0.5, 0.6) is 5.88 Å². The zero-order valence-electron chi connectivity index (χ0n) is 13.4. The molecule has 122 valence electrons. The molecule has 3 rings (SSSR count). The van der Waals surface area contributed by atoms with Crippen molar-refractivity contribution in [3.8, 4) is 5.88 Å². The fourth-order valence-corrected chi connectivity index (χ4v) is 3.66. The molecule has 5 nitrogen and oxygen atoms in total. The first-order valence-electron chi connectivity index (χ1n) is 7.72. The monoisotopic (exact) mass is 331 g/mol. The van der Waals surface area contributed by atoms with Gasteiger partial charge in [-0.2, -0.15) is 0 Å². The number of methoxy groups -OCH3 is 1. The fourth-order valence-electron chi connectivity index (χ4n) is 2.83. The quantitative estimate of drug-likeness (QED) is 0.914. The lowest BCUT2D eigenvalue weighted by molar-refractivity contribution is 0.0941. The molecule has 23 heavy (non-hydrogen) atoms. The first kappa shape index (κ1) is 16.0. The predicted octanol–water partition coefficient (Wildman–Crippen LogP) is 2.46. The third-order valence-corrected chi connectivity index (χ3v) is 5.10. The van der Waals surface area contributed by atoms with Gasteiger partial charge in [-0.1, -0.05) is 6.07 Å². The molecule has 1 amide bonds. The summed E-state index contributed by atoms with van der Waals surface area (Å²) >= 11 is 1.50. The van der Waals surface area contributed by atoms with E-state index in [2.05, 4.69) is 15.2 Å². The van der Waals surface area contributed by atoms with Crippen molar-refractivity contribution in [2.45, 2.75) is 25.9 Å². The van der Waals surface area contributed by atoms with Gasteiger partial charge in [-0.05, 0) is 35.9 Å². The lowest BCUT2D eigenvalue weighted by Crippen LogP contribution is -2.36. The lowest BCUT2D eigenvalue weighted by atomic mass is 10.2. The van der Waals surface area contributed by atoms with Crippen molar-refractivity contribution in [1.29, 1.82) is 0 Å². The van der Waals surface area contributed by atoms with E-state index in [0.717, 1.165) is 42.1 Å². The Kier molecular flexibility index (Phi) is 4.93. The summed E-state index contributed by atoms with van der Waals surface area (Å²) < 4.78 is 5.07. The summed E-state index contributed by atoms with van der Waals surface area (Å²) in [4.78, 5) is 19.7. The van der Waals surface area contributed by atoms with Crippen LogP contribution < -0.4 is 10.1 Å². The molecular weight excluding hydrogens is 310 g/mol. The minimum atomic E-state index is 0.0514. The molecule has 2 aromatic heterocycles. The van der Waals surface area contributed by atoms with Gasteiger partial charge in [0.25, 0.3) is 5.91 Å². The molecule has 6 heteroatoms. The Labute approximate surface area is 140 Å². The van der Waals surface area contributed by atoms with E-state index in [1.54, 1.807) is 7.11 Å². The van der Waals surface area contributed by atoms with E-state index in [1.807, 2.05) is 36.7 Å². The van der Waals surface area contributed by atoms with E-state index in [0.29, 0.717) is 5.88 Å². The SMILES string of the molecule is COc1ccc(CN2CC[C@H](NC(=O)c3sccc3C)C2)cn1. The molecule has 1 N–H and O–H groups in total. The number of ether oxygens (including phenoxy) is 1. The van der Waals surface area contributed by atoms with Gasteiger partial charge in [0.05, 0.1) is 12.0 Å². The normalized spacial score (nSPS) is 18.1. The molecule has 0 radical (unpaired) electrons. The molecule has 0 aromatic carbocycles. The number of aromatic nitrogens is 1. The van der Waals surface area contributed by atoms with Gasteiger partial charge >= 0.3 is 0 Å². The van der Waals surface area contributed by atoms with E-state index >= 15 is 0 Å². The zero-order chi connectivity index (χ0) is 16.2. The fraction of sp³-hybridized carbons (Fsp3) is 0.412. The van der Waals surface area contributed by atoms with Crippen LogP contribution in [0.15, 0.2) is 29.8 Å². The number of nitrogens with one attached hydrogen (secondary N) is 1. The van der Waals surface area contributed by atoms with Gasteiger partial charge in [0, 0.05) is 37.9 Å². The number of nitrogens with zero attached hydrogens (tertiary/aromatic N) is 2. The number of thiophene rings is 1. The van der Waals surface area contributed by atoms with E-state index in [1.165, 1.54) is 11.3 Å². The number of rotatable bonds is 5. The smallest absolute Gasteiger partial charge is 0.261 e. The first-order chi connectivity index (χ1) is 11.2.